The third-order valence-corrected chi connectivity index (χ3v) is 2.75. The second kappa shape index (κ2) is 4.82. The Morgan fingerprint density at radius 2 is 2.15 bits per heavy atom. The zero-order valence-electron chi connectivity index (χ0n) is 9.87. The van der Waals surface area contributed by atoms with Gasteiger partial charge in [-0.25, -0.2) is 4.98 Å². The maximum absolute atomic E-state index is 10.9. The van der Waals surface area contributed by atoms with E-state index in [0.29, 0.717) is 17.2 Å². The van der Waals surface area contributed by atoms with Crippen molar-refractivity contribution in [1.82, 2.24) is 9.97 Å². The number of ether oxygens (including phenoxy) is 2. The molecule has 0 aliphatic carbocycles. The van der Waals surface area contributed by atoms with Crippen LogP contribution in [-0.2, 0) is 0 Å². The third-order valence-electron chi connectivity index (χ3n) is 2.57. The summed E-state index contributed by atoms with van der Waals surface area (Å²) in [5, 5.41) is 13.6. The molecule has 0 unspecified atom stereocenters. The first-order valence-corrected chi connectivity index (χ1v) is 5.85. The van der Waals surface area contributed by atoms with Crippen molar-refractivity contribution in [3.8, 4) is 11.5 Å². The van der Waals surface area contributed by atoms with Crippen molar-refractivity contribution in [2.45, 2.75) is 0 Å². The van der Waals surface area contributed by atoms with E-state index in [1.807, 2.05) is 0 Å². The lowest BCUT2D eigenvalue weighted by molar-refractivity contribution is -0.384. The quantitative estimate of drug-likeness (QED) is 0.527. The van der Waals surface area contributed by atoms with Gasteiger partial charge < -0.3 is 14.8 Å². The molecule has 1 aliphatic heterocycles. The van der Waals surface area contributed by atoms with Gasteiger partial charge in [-0.2, -0.15) is 4.98 Å². The van der Waals surface area contributed by atoms with Gasteiger partial charge in [-0.05, 0) is 23.7 Å². The number of nitrogens with one attached hydrogen (secondary N) is 1. The number of hydrogen-bond acceptors (Lipinski definition) is 7. The van der Waals surface area contributed by atoms with Crippen LogP contribution in [0, 0.1) is 10.1 Å². The molecule has 1 aromatic heterocycles. The van der Waals surface area contributed by atoms with Crippen LogP contribution in [0.1, 0.15) is 0 Å². The van der Waals surface area contributed by atoms with Gasteiger partial charge in [0.1, 0.15) is 6.20 Å². The number of halogens is 1. The van der Waals surface area contributed by atoms with Crippen molar-refractivity contribution < 1.29 is 14.4 Å². The fourth-order valence-electron chi connectivity index (χ4n) is 1.69. The Morgan fingerprint density at radius 3 is 2.95 bits per heavy atom. The summed E-state index contributed by atoms with van der Waals surface area (Å²) in [4.78, 5) is 17.7. The number of rotatable bonds is 3. The Bertz CT molecular complexity index is 694. The fraction of sp³-hybridized carbons (Fsp3) is 0.0909. The first-order valence-electron chi connectivity index (χ1n) is 5.47. The van der Waals surface area contributed by atoms with Gasteiger partial charge in [0.05, 0.1) is 4.92 Å². The van der Waals surface area contributed by atoms with Crippen LogP contribution >= 0.6 is 11.6 Å². The van der Waals surface area contributed by atoms with E-state index in [1.54, 1.807) is 18.2 Å². The molecule has 0 radical (unpaired) electrons. The van der Waals surface area contributed by atoms with Gasteiger partial charge in [-0.15, -0.1) is 0 Å². The zero-order valence-corrected chi connectivity index (χ0v) is 10.6. The van der Waals surface area contributed by atoms with E-state index in [1.165, 1.54) is 0 Å². The molecule has 2 heterocycles. The van der Waals surface area contributed by atoms with Crippen LogP contribution in [0.5, 0.6) is 11.5 Å². The summed E-state index contributed by atoms with van der Waals surface area (Å²) in [7, 11) is 0. The molecule has 8 nitrogen and oxygen atoms in total. The highest BCUT2D eigenvalue weighted by atomic mass is 35.5. The minimum Gasteiger partial charge on any atom is -0.454 e. The second-order valence-corrected chi connectivity index (χ2v) is 4.16. The van der Waals surface area contributed by atoms with Crippen molar-refractivity contribution in [3.05, 3.63) is 39.8 Å². The van der Waals surface area contributed by atoms with Crippen LogP contribution < -0.4 is 14.8 Å². The Labute approximate surface area is 117 Å². The summed E-state index contributed by atoms with van der Waals surface area (Å²) in [6, 6.07) is 5.04. The zero-order chi connectivity index (χ0) is 14.1. The van der Waals surface area contributed by atoms with Crippen LogP contribution in [0.4, 0.5) is 17.2 Å². The van der Waals surface area contributed by atoms with Crippen molar-refractivity contribution >= 4 is 28.8 Å². The van der Waals surface area contributed by atoms with Crippen molar-refractivity contribution in [2.75, 3.05) is 12.1 Å². The number of aromatic nitrogens is 2. The van der Waals surface area contributed by atoms with Gasteiger partial charge in [0.15, 0.2) is 11.5 Å². The molecule has 2 aromatic rings. The SMILES string of the molecule is O=[N+]([O-])c1cnc(Cl)nc1Nc1ccc2c(c1)OCO2. The average molecular weight is 295 g/mol. The van der Waals surface area contributed by atoms with Crippen LogP contribution in [0.25, 0.3) is 0 Å². The maximum Gasteiger partial charge on any atom is 0.329 e. The normalized spacial score (nSPS) is 12.2. The highest BCUT2D eigenvalue weighted by molar-refractivity contribution is 6.28. The second-order valence-electron chi connectivity index (χ2n) is 3.82. The topological polar surface area (TPSA) is 99.4 Å². The van der Waals surface area contributed by atoms with Crippen LogP contribution in [0.3, 0.4) is 0 Å². The molecule has 0 bridgehead atoms. The van der Waals surface area contributed by atoms with E-state index in [-0.39, 0.29) is 23.6 Å². The number of nitro groups is 1. The molecular formula is C11H7ClN4O4. The fourth-order valence-corrected chi connectivity index (χ4v) is 1.82. The monoisotopic (exact) mass is 294 g/mol. The van der Waals surface area contributed by atoms with E-state index in [9.17, 15) is 10.1 Å². The first-order chi connectivity index (χ1) is 9.63. The molecule has 20 heavy (non-hydrogen) atoms. The van der Waals surface area contributed by atoms with Gasteiger partial charge in [0.2, 0.25) is 17.9 Å². The smallest absolute Gasteiger partial charge is 0.329 e. The van der Waals surface area contributed by atoms with Crippen molar-refractivity contribution in [2.24, 2.45) is 0 Å². The highest BCUT2D eigenvalue weighted by Crippen LogP contribution is 2.35. The molecule has 0 amide bonds. The average Bonchev–Trinajstić information content (AvgIpc) is 2.85. The Morgan fingerprint density at radius 1 is 1.35 bits per heavy atom. The van der Waals surface area contributed by atoms with Crippen LogP contribution in [0.2, 0.25) is 5.28 Å². The highest BCUT2D eigenvalue weighted by Gasteiger charge is 2.19. The predicted molar refractivity (Wildman–Crippen MR) is 69.5 cm³/mol. The van der Waals surface area contributed by atoms with Crippen molar-refractivity contribution in [1.29, 1.82) is 0 Å². The molecule has 102 valence electrons. The van der Waals surface area contributed by atoms with Gasteiger partial charge in [0, 0.05) is 11.8 Å². The molecule has 1 aliphatic rings. The minimum absolute atomic E-state index is 0.00821. The van der Waals surface area contributed by atoms with E-state index in [4.69, 9.17) is 21.1 Å². The van der Waals surface area contributed by atoms with Crippen molar-refractivity contribution in [3.63, 3.8) is 0 Å². The van der Waals surface area contributed by atoms with Gasteiger partial charge in [0.25, 0.3) is 0 Å². The summed E-state index contributed by atoms with van der Waals surface area (Å²) >= 11 is 5.65. The molecule has 0 saturated carbocycles. The molecule has 3 rings (SSSR count). The van der Waals surface area contributed by atoms with Gasteiger partial charge >= 0.3 is 5.69 Å². The summed E-state index contributed by atoms with van der Waals surface area (Å²) in [5.41, 5.74) is 0.291. The molecule has 0 spiro atoms. The number of hydrogen-bond donors (Lipinski definition) is 1. The molecular weight excluding hydrogens is 288 g/mol. The Balaban J connectivity index is 1.95. The van der Waals surface area contributed by atoms with E-state index in [2.05, 4.69) is 15.3 Å². The summed E-state index contributed by atoms with van der Waals surface area (Å²) in [6.07, 6.45) is 1.05. The number of anilines is 2. The largest absolute Gasteiger partial charge is 0.454 e. The third kappa shape index (κ3) is 2.28. The lowest BCUT2D eigenvalue weighted by Gasteiger charge is -2.06. The van der Waals surface area contributed by atoms with Gasteiger partial charge in [-0.3, -0.25) is 10.1 Å². The summed E-state index contributed by atoms with van der Waals surface area (Å²) < 4.78 is 10.4. The van der Waals surface area contributed by atoms with Gasteiger partial charge in [-0.1, -0.05) is 0 Å². The number of fused-ring (bicyclic) bond motifs is 1. The summed E-state index contributed by atoms with van der Waals surface area (Å²) in [5.74, 6) is 1.18. The molecule has 0 saturated heterocycles. The molecule has 0 atom stereocenters. The standard InChI is InChI=1S/C11H7ClN4O4/c12-11-13-4-7(16(17)18)10(15-11)14-6-1-2-8-9(3-6)20-5-19-8/h1-4H,5H2,(H,13,14,15). The lowest BCUT2D eigenvalue weighted by atomic mass is 10.2. The minimum atomic E-state index is -0.592. The van der Waals surface area contributed by atoms with Crippen LogP contribution in [-0.4, -0.2) is 21.7 Å². The predicted octanol–water partition coefficient (Wildman–Crippen LogP) is 2.51. The Kier molecular flexibility index (Phi) is 2.99. The van der Waals surface area contributed by atoms with E-state index in [0.717, 1.165) is 6.20 Å². The van der Waals surface area contributed by atoms with E-state index >= 15 is 0 Å². The number of nitrogens with zero attached hydrogens (tertiary/aromatic N) is 3. The molecule has 1 N–H and O–H groups in total. The summed E-state index contributed by atoms with van der Waals surface area (Å²) in [6.45, 7) is 0.151. The first kappa shape index (κ1) is 12.4. The Hall–Kier alpha value is -2.61. The molecule has 0 fully saturated rings. The maximum atomic E-state index is 10.9. The number of benzene rings is 1. The molecule has 9 heteroatoms. The lowest BCUT2D eigenvalue weighted by Crippen LogP contribution is -2.01. The molecule has 1 aromatic carbocycles. The van der Waals surface area contributed by atoms with Crippen LogP contribution in [0.15, 0.2) is 24.4 Å². The van der Waals surface area contributed by atoms with E-state index < -0.39 is 4.92 Å².